The molecule has 5 saturated heterocycles. The number of nitrogens with one attached hydrogen (secondary N) is 4. The molecule has 1 amide bonds. The van der Waals surface area contributed by atoms with Crippen LogP contribution >= 0.6 is 42.9 Å². The number of halogens is 1. The fourth-order valence-electron chi connectivity index (χ4n) is 13.3. The highest BCUT2D eigenvalue weighted by molar-refractivity contribution is 9.10. The van der Waals surface area contributed by atoms with Gasteiger partial charge < -0.3 is 139 Å². The third-order valence-corrected chi connectivity index (χ3v) is 26.6. The van der Waals surface area contributed by atoms with Crippen LogP contribution in [-0.4, -0.2) is 229 Å². The van der Waals surface area contributed by atoms with Crippen LogP contribution in [0.4, 0.5) is 17.6 Å². The summed E-state index contributed by atoms with van der Waals surface area (Å²) >= 11 is 25.6. The van der Waals surface area contributed by atoms with E-state index in [2.05, 4.69) is 56.1 Å². The molecule has 11 heterocycles. The number of imidazole rings is 1. The van der Waals surface area contributed by atoms with Crippen LogP contribution in [0, 0.1) is 18.8 Å². The molecule has 11 rings (SSSR count). The summed E-state index contributed by atoms with van der Waals surface area (Å²) < 4.78 is 128. The summed E-state index contributed by atoms with van der Waals surface area (Å²) in [4.78, 5) is 155. The topological polar surface area (TPSA) is 626 Å². The molecule has 20 atom stereocenters. The standard InChI is InChI=1S/C62H90BrN17O30P4S4/c1-31(2)33-19-46(76-10-5-43(65)70-59(76)86)102-39(33)26-101-114(118,97-18-17-96-16-15-95-14-9-68-45(82)7-12-94-13-8-64)109-37-22-48(78-23-32(3)54(83)74-61(78)88)104-42(37)29-99-112(91,116)108-36-21-49(80-30-69-50-53(80)72-58(67)73-56(50)85)105-41(36)27-98-111(90,115)107-35-20-47(77-11-6-44(66)71-60(77)87)103-40(35)28-100-113(92,117)110-51-38(25-81)106-57(52(51)93-4)79-24-34(63)55(84)75-62(79)89/h5-6,10-11,23-24,30-31,33,35-42,46-49,51-52,57,81H,7-9,12-22,25-29,64H2,1-4H3,(H,68,82)(H,90,115)(H,91,116)(H,92,117)(H2,65,70,86)(H2,66,71,87)(H,74,83,88)(H,75,84,89)(H3,67,72,73,85)/p-3/t33-,35+,36+,37+,38+,39+,40+,41+,42+,46+,47+,48+,49+,51-,52?,57+,111?,112?,113?,114?/m0/s1. The lowest BCUT2D eigenvalue weighted by Crippen LogP contribution is -2.40. The van der Waals surface area contributed by atoms with Gasteiger partial charge in [-0.2, -0.15) is 15.0 Å². The zero-order valence-electron chi connectivity index (χ0n) is 63.2. The molecule has 0 bridgehead atoms. The van der Waals surface area contributed by atoms with Crippen molar-refractivity contribution in [1.29, 1.82) is 0 Å². The van der Waals surface area contributed by atoms with E-state index in [1.165, 1.54) is 60.2 Å². The van der Waals surface area contributed by atoms with E-state index in [0.29, 0.717) is 19.6 Å². The lowest BCUT2D eigenvalue weighted by molar-refractivity contribution is -0.219. The van der Waals surface area contributed by atoms with Crippen LogP contribution in [0.5, 0.6) is 0 Å². The van der Waals surface area contributed by atoms with E-state index in [4.69, 9.17) is 154 Å². The second kappa shape index (κ2) is 41.3. The molecule has 654 valence electrons. The van der Waals surface area contributed by atoms with Gasteiger partial charge in [-0.25, -0.2) is 24.2 Å². The average molecular weight is 1880 g/mol. The predicted molar refractivity (Wildman–Crippen MR) is 424 cm³/mol. The van der Waals surface area contributed by atoms with E-state index in [0.717, 1.165) is 19.9 Å². The van der Waals surface area contributed by atoms with Gasteiger partial charge in [-0.3, -0.25) is 61.5 Å². The number of nitrogens with two attached hydrogens (primary N) is 4. The monoisotopic (exact) mass is 1880 g/mol. The molecule has 6 aromatic heterocycles. The number of carbonyl (C=O) groups excluding carboxylic acids is 1. The molecule has 0 radical (unpaired) electrons. The number of amides is 1. The van der Waals surface area contributed by atoms with E-state index >= 15 is 0 Å². The summed E-state index contributed by atoms with van der Waals surface area (Å²) in [5, 5.41) is 13.1. The number of H-pyrrole nitrogens is 3. The van der Waals surface area contributed by atoms with Crippen molar-refractivity contribution < 1.29 is 108 Å². The molecule has 6 aromatic rings. The van der Waals surface area contributed by atoms with Crippen molar-refractivity contribution in [3.05, 3.63) is 126 Å². The summed E-state index contributed by atoms with van der Waals surface area (Å²) in [5.74, 6) is -0.993. The minimum atomic E-state index is -4.92. The van der Waals surface area contributed by atoms with E-state index in [9.17, 15) is 57.8 Å². The number of rotatable bonds is 43. The van der Waals surface area contributed by atoms with Crippen molar-refractivity contribution in [2.45, 2.75) is 145 Å². The van der Waals surface area contributed by atoms with E-state index in [1.54, 1.807) is 0 Å². The number of aliphatic hydroxyl groups excluding tert-OH is 1. The third kappa shape index (κ3) is 24.3. The maximum absolute atomic E-state index is 15.0. The first kappa shape index (κ1) is 93.2. The second-order valence-corrected chi connectivity index (χ2v) is 39.3. The number of nitrogens with zero attached hydrogens (tertiary/aromatic N) is 9. The van der Waals surface area contributed by atoms with Gasteiger partial charge in [0.05, 0.1) is 114 Å². The molecule has 47 nitrogen and oxygen atoms in total. The van der Waals surface area contributed by atoms with Crippen molar-refractivity contribution in [2.24, 2.45) is 17.6 Å². The number of carbonyl (C=O) groups is 1. The van der Waals surface area contributed by atoms with Crippen molar-refractivity contribution in [2.75, 3.05) is 117 Å². The van der Waals surface area contributed by atoms with Gasteiger partial charge in [-0.1, -0.05) is 37.5 Å². The molecule has 118 heavy (non-hydrogen) atoms. The lowest BCUT2D eigenvalue weighted by Gasteiger charge is -2.36. The Hall–Kier alpha value is -5.53. The molecule has 0 saturated carbocycles. The van der Waals surface area contributed by atoms with Gasteiger partial charge in [0.1, 0.15) is 86.6 Å². The first-order valence-electron chi connectivity index (χ1n) is 36.4. The van der Waals surface area contributed by atoms with Gasteiger partial charge in [-0.05, 0) is 65.0 Å². The molecule has 5 aliphatic heterocycles. The molecule has 56 heteroatoms. The number of methoxy groups -OCH3 is 1. The Morgan fingerprint density at radius 3 is 1.77 bits per heavy atom. The van der Waals surface area contributed by atoms with Crippen LogP contribution in [0.25, 0.3) is 11.2 Å². The van der Waals surface area contributed by atoms with Crippen molar-refractivity contribution in [3.8, 4) is 0 Å². The molecule has 5 aliphatic rings. The summed E-state index contributed by atoms with van der Waals surface area (Å²) in [6.07, 6.45) is -14.0. The minimum absolute atomic E-state index is 0.00545. The Bertz CT molecular complexity index is 5150. The van der Waals surface area contributed by atoms with Crippen LogP contribution in [0.3, 0.4) is 0 Å². The van der Waals surface area contributed by atoms with Crippen molar-refractivity contribution in [3.63, 3.8) is 0 Å². The molecular formula is C62H87BrN17O30P4S4-3. The average Bonchev–Trinajstić information content (AvgIpc) is 1.63. The fourth-order valence-corrected chi connectivity index (χ4v) is 20.0. The SMILES string of the molecule is COC1[C@@H](OP(=O)([S-])OC[C@H]2O[C@@H](n3ccc(N)nc3=O)C[C@H]2OP([O-])(=S)OC[C@H]2O[C@@H](n3cnc4c(=O)[nH]c(N)nc43)C[C@H]2OP([O-])(=S)OC[C@H]2O[C@@H](n3cc(C)c(=O)[nH]c3=O)C[C@H]2OP(=S)(OCCOCCOCCNC(=O)CCOCCN)OC[C@H]2O[C@@H](n3ccc(N)nc3=O)C[C@H]2C(C)C)[C@@H](CO)O[C@H]1n1cc(Br)c(=O)[nH]c1=O. The Morgan fingerprint density at radius 1 is 0.644 bits per heavy atom. The van der Waals surface area contributed by atoms with E-state index in [1.807, 2.05) is 13.8 Å². The van der Waals surface area contributed by atoms with E-state index in [-0.39, 0.29) is 135 Å². The Labute approximate surface area is 697 Å². The van der Waals surface area contributed by atoms with Crippen LogP contribution in [0.2, 0.25) is 0 Å². The van der Waals surface area contributed by atoms with Gasteiger partial charge in [0.2, 0.25) is 11.9 Å². The van der Waals surface area contributed by atoms with Gasteiger partial charge in [0.15, 0.2) is 24.2 Å². The first-order chi connectivity index (χ1) is 56.0. The van der Waals surface area contributed by atoms with Gasteiger partial charge in [0.25, 0.3) is 16.7 Å². The molecule has 13 N–H and O–H groups in total. The van der Waals surface area contributed by atoms with Crippen molar-refractivity contribution >= 4 is 125 Å². The first-order valence-corrected chi connectivity index (χ1v) is 47.4. The summed E-state index contributed by atoms with van der Waals surface area (Å²) in [5.41, 5.74) is 17.2. The highest BCUT2D eigenvalue weighted by Crippen LogP contribution is 2.57. The Kier molecular flexibility index (Phi) is 32.6. The second-order valence-electron chi connectivity index (χ2n) is 27.3. The van der Waals surface area contributed by atoms with Crippen molar-refractivity contribution in [1.82, 2.24) is 63.0 Å². The number of aliphatic hydroxyl groups is 1. The Balaban J connectivity index is 0.807. The maximum atomic E-state index is 15.0. The zero-order valence-corrected chi connectivity index (χ0v) is 71.6. The number of hydrogen-bond donors (Lipinski definition) is 9. The van der Waals surface area contributed by atoms with E-state index < -0.39 is 185 Å². The molecule has 0 aromatic carbocycles. The number of anilines is 3. The Morgan fingerprint density at radius 2 is 1.18 bits per heavy atom. The summed E-state index contributed by atoms with van der Waals surface area (Å²) in [6, 6.07) is 2.73. The number of hydrogen-bond acceptors (Lipinski definition) is 42. The predicted octanol–water partition coefficient (Wildman–Crippen LogP) is -1.93. The lowest BCUT2D eigenvalue weighted by atomic mass is 9.89. The molecule has 5 unspecified atom stereocenters. The van der Waals surface area contributed by atoms with Crippen LogP contribution < -0.4 is 77.5 Å². The highest BCUT2D eigenvalue weighted by atomic mass is 79.9. The molecular weight excluding hydrogens is 1790 g/mol. The number of aromatic nitrogens is 12. The number of nitrogen functional groups attached to an aromatic ring is 3. The molecule has 0 aliphatic carbocycles. The third-order valence-electron chi connectivity index (χ3n) is 18.9. The quantitative estimate of drug-likeness (QED) is 0.0114. The number of aromatic amines is 3. The fraction of sp³-hybridized carbons (Fsp3) is 0.645. The number of ether oxygens (including phenoxy) is 9. The largest absolute Gasteiger partial charge is 0.780 e. The van der Waals surface area contributed by atoms with Gasteiger partial charge >= 0.3 is 29.5 Å². The number of fused-ring (bicyclic) bond motifs is 1. The van der Waals surface area contributed by atoms with Crippen LogP contribution in [0.15, 0.2) is 81.3 Å². The zero-order chi connectivity index (χ0) is 85.1. The van der Waals surface area contributed by atoms with Gasteiger partial charge in [-0.15, -0.1) is 0 Å². The summed E-state index contributed by atoms with van der Waals surface area (Å²) in [7, 11) is 1.19. The molecule has 0 spiro atoms. The normalized spacial score (nSPS) is 27.4. The highest BCUT2D eigenvalue weighted by Gasteiger charge is 2.51. The van der Waals surface area contributed by atoms with Gasteiger partial charge in [0, 0.05) is 76.2 Å². The van der Waals surface area contributed by atoms with Crippen LogP contribution in [0.1, 0.15) is 82.7 Å². The number of aryl methyl sites for hydroxylation is 1. The summed E-state index contributed by atoms with van der Waals surface area (Å²) in [6.45, 7) is -15.8. The minimum Gasteiger partial charge on any atom is -0.780 e. The molecule has 5 fully saturated rings. The smallest absolute Gasteiger partial charge is 0.351 e. The van der Waals surface area contributed by atoms with Crippen LogP contribution in [-0.2, 0) is 140 Å². The maximum Gasteiger partial charge on any atom is 0.351 e.